The van der Waals surface area contributed by atoms with Crippen molar-refractivity contribution in [3.63, 3.8) is 0 Å². The largest absolute Gasteiger partial charge is 0.306 e. The zero-order chi connectivity index (χ0) is 9.14. The van der Waals surface area contributed by atoms with Gasteiger partial charge in [0.1, 0.15) is 0 Å². The minimum atomic E-state index is 0.143. The molecule has 0 aliphatic carbocycles. The predicted molar refractivity (Wildman–Crippen MR) is 47.4 cm³/mol. The highest BCUT2D eigenvalue weighted by atomic mass is 16.2. The summed E-state index contributed by atoms with van der Waals surface area (Å²) >= 11 is 0. The first kappa shape index (κ1) is 9.48. The molecule has 4 nitrogen and oxygen atoms in total. The Morgan fingerprint density at radius 3 is 2.67 bits per heavy atom. The maximum atomic E-state index is 11.4. The van der Waals surface area contributed by atoms with Crippen LogP contribution in [0.4, 0.5) is 0 Å². The molecule has 1 atom stereocenters. The molecule has 0 saturated carbocycles. The molecular weight excluding hydrogens is 154 g/mol. The molecule has 0 radical (unpaired) electrons. The molecule has 0 spiro atoms. The van der Waals surface area contributed by atoms with Crippen LogP contribution in [0, 0.1) is 5.92 Å². The summed E-state index contributed by atoms with van der Waals surface area (Å²) in [4.78, 5) is 13.6. The van der Waals surface area contributed by atoms with Gasteiger partial charge in [0.05, 0.1) is 5.92 Å². The highest BCUT2D eigenvalue weighted by molar-refractivity contribution is 5.78. The van der Waals surface area contributed by atoms with E-state index in [1.807, 2.05) is 21.1 Å². The molecule has 0 aromatic heterocycles. The lowest BCUT2D eigenvalue weighted by atomic mass is 10.1. The zero-order valence-corrected chi connectivity index (χ0v) is 8.00. The van der Waals surface area contributed by atoms with E-state index in [0.717, 1.165) is 19.5 Å². The Balaban J connectivity index is 2.33. The van der Waals surface area contributed by atoms with Crippen LogP contribution in [0.2, 0.25) is 0 Å². The Bertz CT molecular complexity index is 170. The second-order valence-corrected chi connectivity index (χ2v) is 3.62. The first-order valence-corrected chi connectivity index (χ1v) is 4.26. The van der Waals surface area contributed by atoms with Gasteiger partial charge in [-0.05, 0) is 20.0 Å². The monoisotopic (exact) mass is 171 g/mol. The van der Waals surface area contributed by atoms with Gasteiger partial charge in [-0.3, -0.25) is 10.2 Å². The summed E-state index contributed by atoms with van der Waals surface area (Å²) in [5, 5.41) is 1.70. The van der Waals surface area contributed by atoms with Crippen molar-refractivity contribution in [2.45, 2.75) is 6.42 Å². The van der Waals surface area contributed by atoms with E-state index in [9.17, 15) is 4.79 Å². The lowest BCUT2D eigenvalue weighted by Crippen LogP contribution is -2.40. The van der Waals surface area contributed by atoms with Gasteiger partial charge >= 0.3 is 0 Å². The molecule has 1 rings (SSSR count). The van der Waals surface area contributed by atoms with Gasteiger partial charge in [-0.15, -0.1) is 0 Å². The normalized spacial score (nSPS) is 24.8. The van der Waals surface area contributed by atoms with E-state index in [1.54, 1.807) is 5.01 Å². The van der Waals surface area contributed by atoms with Crippen molar-refractivity contribution < 1.29 is 4.79 Å². The van der Waals surface area contributed by atoms with Crippen LogP contribution >= 0.6 is 0 Å². The summed E-state index contributed by atoms with van der Waals surface area (Å²) in [5.41, 5.74) is 2.77. The van der Waals surface area contributed by atoms with Crippen molar-refractivity contribution in [2.24, 2.45) is 5.92 Å². The van der Waals surface area contributed by atoms with Gasteiger partial charge < -0.3 is 4.90 Å². The smallest absolute Gasteiger partial charge is 0.238 e. The zero-order valence-electron chi connectivity index (χ0n) is 8.00. The molecule has 0 bridgehead atoms. The Labute approximate surface area is 73.5 Å². The van der Waals surface area contributed by atoms with Gasteiger partial charge in [0.2, 0.25) is 5.91 Å². The van der Waals surface area contributed by atoms with Crippen molar-refractivity contribution >= 4 is 5.91 Å². The number of likely N-dealkylation sites (tertiary alicyclic amines) is 1. The summed E-state index contributed by atoms with van der Waals surface area (Å²) in [5.74, 6) is 0.321. The molecule has 1 fully saturated rings. The molecule has 1 N–H and O–H groups in total. The number of nitrogens with zero attached hydrogens (tertiary/aromatic N) is 2. The van der Waals surface area contributed by atoms with Gasteiger partial charge in [0.15, 0.2) is 0 Å². The fourth-order valence-corrected chi connectivity index (χ4v) is 1.46. The minimum Gasteiger partial charge on any atom is -0.306 e. The van der Waals surface area contributed by atoms with Crippen LogP contribution < -0.4 is 5.43 Å². The number of hydrogen-bond acceptors (Lipinski definition) is 3. The second-order valence-electron chi connectivity index (χ2n) is 3.62. The fourth-order valence-electron chi connectivity index (χ4n) is 1.46. The van der Waals surface area contributed by atoms with Gasteiger partial charge in [0.25, 0.3) is 0 Å². The summed E-state index contributed by atoms with van der Waals surface area (Å²) < 4.78 is 0. The molecule has 1 amide bonds. The van der Waals surface area contributed by atoms with Crippen LogP contribution in [-0.2, 0) is 4.79 Å². The van der Waals surface area contributed by atoms with Gasteiger partial charge in [-0.25, -0.2) is 5.01 Å². The number of hydrogen-bond donors (Lipinski definition) is 1. The SMILES string of the molecule is CN1CCC(C(=O)NN(C)C)C1. The number of nitrogens with one attached hydrogen (secondary N) is 1. The molecule has 70 valence electrons. The lowest BCUT2D eigenvalue weighted by molar-refractivity contribution is -0.128. The topological polar surface area (TPSA) is 35.6 Å². The standard InChI is InChI=1S/C8H17N3O/c1-10(2)9-8(12)7-4-5-11(3)6-7/h7H,4-6H2,1-3H3,(H,9,12). The highest BCUT2D eigenvalue weighted by Gasteiger charge is 2.25. The molecule has 1 unspecified atom stereocenters. The quantitative estimate of drug-likeness (QED) is 0.571. The van der Waals surface area contributed by atoms with Crippen molar-refractivity contribution in [1.82, 2.24) is 15.3 Å². The third kappa shape index (κ3) is 2.46. The maximum Gasteiger partial charge on any atom is 0.238 e. The molecule has 1 heterocycles. The molecule has 4 heteroatoms. The number of rotatable bonds is 2. The third-order valence-electron chi connectivity index (χ3n) is 2.10. The van der Waals surface area contributed by atoms with E-state index >= 15 is 0 Å². The number of amides is 1. The van der Waals surface area contributed by atoms with Crippen LogP contribution in [0.3, 0.4) is 0 Å². The highest BCUT2D eigenvalue weighted by Crippen LogP contribution is 2.13. The molecule has 1 aliphatic heterocycles. The number of hydrazine groups is 1. The minimum absolute atomic E-state index is 0.143. The Morgan fingerprint density at radius 2 is 2.25 bits per heavy atom. The van der Waals surface area contributed by atoms with E-state index < -0.39 is 0 Å². The average Bonchev–Trinajstić information content (AvgIpc) is 2.34. The molecule has 12 heavy (non-hydrogen) atoms. The van der Waals surface area contributed by atoms with Crippen LogP contribution in [-0.4, -0.2) is 50.0 Å². The summed E-state index contributed by atoms with van der Waals surface area (Å²) in [6.45, 7) is 1.92. The van der Waals surface area contributed by atoms with E-state index in [-0.39, 0.29) is 11.8 Å². The van der Waals surface area contributed by atoms with E-state index in [0.29, 0.717) is 0 Å². The van der Waals surface area contributed by atoms with Crippen molar-refractivity contribution in [1.29, 1.82) is 0 Å². The van der Waals surface area contributed by atoms with E-state index in [4.69, 9.17) is 0 Å². The van der Waals surface area contributed by atoms with Gasteiger partial charge in [-0.1, -0.05) is 0 Å². The van der Waals surface area contributed by atoms with Crippen molar-refractivity contribution in [3.8, 4) is 0 Å². The third-order valence-corrected chi connectivity index (χ3v) is 2.10. The lowest BCUT2D eigenvalue weighted by Gasteiger charge is -2.15. The molecule has 1 saturated heterocycles. The Morgan fingerprint density at radius 1 is 1.58 bits per heavy atom. The Hall–Kier alpha value is -0.610. The van der Waals surface area contributed by atoms with Gasteiger partial charge in [0, 0.05) is 20.6 Å². The number of carbonyl (C=O) groups excluding carboxylic acids is 1. The first-order valence-electron chi connectivity index (χ1n) is 4.26. The predicted octanol–water partition coefficient (Wildman–Crippen LogP) is -0.469. The van der Waals surface area contributed by atoms with Crippen molar-refractivity contribution in [3.05, 3.63) is 0 Å². The second kappa shape index (κ2) is 3.87. The number of carbonyl (C=O) groups is 1. The summed E-state index contributed by atoms with van der Waals surface area (Å²) in [7, 11) is 5.70. The molecular formula is C8H17N3O. The van der Waals surface area contributed by atoms with E-state index in [2.05, 4.69) is 10.3 Å². The van der Waals surface area contributed by atoms with Crippen LogP contribution in [0.1, 0.15) is 6.42 Å². The molecule has 0 aromatic carbocycles. The van der Waals surface area contributed by atoms with Crippen LogP contribution in [0.5, 0.6) is 0 Å². The van der Waals surface area contributed by atoms with Crippen molar-refractivity contribution in [2.75, 3.05) is 34.2 Å². The van der Waals surface area contributed by atoms with Crippen LogP contribution in [0.15, 0.2) is 0 Å². The van der Waals surface area contributed by atoms with Crippen LogP contribution in [0.25, 0.3) is 0 Å². The molecule has 1 aliphatic rings. The maximum absolute atomic E-state index is 11.4. The first-order chi connectivity index (χ1) is 5.59. The van der Waals surface area contributed by atoms with E-state index in [1.165, 1.54) is 0 Å². The fraction of sp³-hybridized carbons (Fsp3) is 0.875. The molecule has 0 aromatic rings. The Kier molecular flexibility index (Phi) is 3.05. The summed E-state index contributed by atoms with van der Waals surface area (Å²) in [6, 6.07) is 0. The van der Waals surface area contributed by atoms with Gasteiger partial charge in [-0.2, -0.15) is 0 Å². The average molecular weight is 171 g/mol. The summed E-state index contributed by atoms with van der Waals surface area (Å²) in [6.07, 6.45) is 0.982.